The van der Waals surface area contributed by atoms with Crippen molar-refractivity contribution in [3.8, 4) is 17.0 Å². The molecule has 170 valence electrons. The van der Waals surface area contributed by atoms with Crippen LogP contribution in [0.1, 0.15) is 54.6 Å². The average Bonchev–Trinajstić information content (AvgIpc) is 2.72. The lowest BCUT2D eigenvalue weighted by atomic mass is 9.94. The standard InChI is InChI=1S/C24H33NO6/c1-16(2)7-5-8-17-12-23(31-10-6-9-29-3)18(15-30-4)11-19(17)21-13-22(26)20(14-25-21)24(27)28/h11-14,16H,5-10,15H2,1-4H3,(H,25,26)(H,27,28). The van der Waals surface area contributed by atoms with Crippen molar-refractivity contribution in [3.05, 3.63) is 51.3 Å². The van der Waals surface area contributed by atoms with Gasteiger partial charge >= 0.3 is 5.97 Å². The Hall–Kier alpha value is -2.64. The maximum Gasteiger partial charge on any atom is 0.341 e. The van der Waals surface area contributed by atoms with Crippen LogP contribution in [0.15, 0.2) is 29.2 Å². The number of nitrogens with one attached hydrogen (secondary N) is 1. The normalized spacial score (nSPS) is 11.1. The van der Waals surface area contributed by atoms with Crippen molar-refractivity contribution in [2.45, 2.75) is 46.1 Å². The molecule has 1 heterocycles. The third-order valence-corrected chi connectivity index (χ3v) is 5.00. The molecule has 2 rings (SSSR count). The fourth-order valence-electron chi connectivity index (χ4n) is 3.41. The Morgan fingerprint density at radius 2 is 1.84 bits per heavy atom. The van der Waals surface area contributed by atoms with E-state index in [4.69, 9.17) is 19.3 Å². The van der Waals surface area contributed by atoms with Gasteiger partial charge in [-0.1, -0.05) is 20.3 Å². The van der Waals surface area contributed by atoms with E-state index in [0.717, 1.165) is 48.1 Å². The fraction of sp³-hybridized carbons (Fsp3) is 0.500. The van der Waals surface area contributed by atoms with E-state index in [0.29, 0.717) is 31.4 Å². The zero-order chi connectivity index (χ0) is 22.8. The predicted molar refractivity (Wildman–Crippen MR) is 120 cm³/mol. The van der Waals surface area contributed by atoms with Crippen molar-refractivity contribution in [1.29, 1.82) is 0 Å². The molecule has 7 nitrogen and oxygen atoms in total. The number of rotatable bonds is 13. The molecule has 0 amide bonds. The molecule has 0 fully saturated rings. The molecule has 2 N–H and O–H groups in total. The first kappa shape index (κ1) is 24.6. The van der Waals surface area contributed by atoms with Crippen molar-refractivity contribution < 1.29 is 24.1 Å². The van der Waals surface area contributed by atoms with Gasteiger partial charge in [0.15, 0.2) is 5.43 Å². The smallest absolute Gasteiger partial charge is 0.341 e. The molecule has 0 aliphatic heterocycles. The van der Waals surface area contributed by atoms with E-state index in [9.17, 15) is 9.59 Å². The monoisotopic (exact) mass is 431 g/mol. The molecule has 1 aromatic carbocycles. The predicted octanol–water partition coefficient (Wildman–Crippen LogP) is 4.28. The first-order valence-electron chi connectivity index (χ1n) is 10.6. The summed E-state index contributed by atoms with van der Waals surface area (Å²) in [4.78, 5) is 26.5. The van der Waals surface area contributed by atoms with Gasteiger partial charge in [0.1, 0.15) is 11.3 Å². The summed E-state index contributed by atoms with van der Waals surface area (Å²) in [6.07, 6.45) is 4.92. The number of H-pyrrole nitrogens is 1. The molecule has 0 spiro atoms. The molecule has 2 aromatic rings. The topological polar surface area (TPSA) is 97.9 Å². The largest absolute Gasteiger partial charge is 0.493 e. The highest BCUT2D eigenvalue weighted by molar-refractivity contribution is 5.87. The molecule has 0 bridgehead atoms. The van der Waals surface area contributed by atoms with Gasteiger partial charge in [-0.25, -0.2) is 4.79 Å². The first-order chi connectivity index (χ1) is 14.9. The summed E-state index contributed by atoms with van der Waals surface area (Å²) in [6.45, 7) is 5.88. The van der Waals surface area contributed by atoms with E-state index >= 15 is 0 Å². The Bertz CT molecular complexity index is 919. The molecule has 0 unspecified atom stereocenters. The summed E-state index contributed by atoms with van der Waals surface area (Å²) in [6, 6.07) is 5.33. The molecule has 0 saturated carbocycles. The minimum atomic E-state index is -1.25. The van der Waals surface area contributed by atoms with Crippen LogP contribution in [-0.4, -0.2) is 43.5 Å². The second-order valence-electron chi connectivity index (χ2n) is 7.96. The maximum atomic E-state index is 12.3. The summed E-state index contributed by atoms with van der Waals surface area (Å²) in [5, 5.41) is 9.16. The number of methoxy groups -OCH3 is 2. The van der Waals surface area contributed by atoms with Crippen molar-refractivity contribution >= 4 is 5.97 Å². The summed E-state index contributed by atoms with van der Waals surface area (Å²) < 4.78 is 16.5. The number of aromatic carboxylic acids is 1. The quantitative estimate of drug-likeness (QED) is 0.460. The number of aryl methyl sites for hydroxylation is 1. The average molecular weight is 432 g/mol. The second-order valence-corrected chi connectivity index (χ2v) is 7.96. The van der Waals surface area contributed by atoms with Gasteiger partial charge in [-0.3, -0.25) is 4.79 Å². The van der Waals surface area contributed by atoms with Crippen LogP contribution in [0.5, 0.6) is 5.75 Å². The van der Waals surface area contributed by atoms with Crippen LogP contribution >= 0.6 is 0 Å². The van der Waals surface area contributed by atoms with E-state index < -0.39 is 11.4 Å². The summed E-state index contributed by atoms with van der Waals surface area (Å²) in [5.41, 5.74) is 2.54. The number of hydrogen-bond acceptors (Lipinski definition) is 5. The van der Waals surface area contributed by atoms with Crippen LogP contribution < -0.4 is 10.2 Å². The van der Waals surface area contributed by atoms with Crippen molar-refractivity contribution in [2.24, 2.45) is 5.92 Å². The SMILES string of the molecule is COCCCOc1cc(CCCC(C)C)c(-c2cc(=O)c(C(=O)O)c[nH]2)cc1COC. The summed E-state index contributed by atoms with van der Waals surface area (Å²) in [5.74, 6) is 0.103. The number of ether oxygens (including phenoxy) is 3. The number of benzene rings is 1. The number of carboxylic acid groups (broad SMARTS) is 1. The maximum absolute atomic E-state index is 12.3. The minimum absolute atomic E-state index is 0.277. The number of aromatic nitrogens is 1. The number of aromatic amines is 1. The number of pyridine rings is 1. The van der Waals surface area contributed by atoms with E-state index in [1.54, 1.807) is 14.2 Å². The van der Waals surface area contributed by atoms with Gasteiger partial charge < -0.3 is 24.3 Å². The molecular weight excluding hydrogens is 398 g/mol. The van der Waals surface area contributed by atoms with Gasteiger partial charge in [0.05, 0.1) is 13.2 Å². The van der Waals surface area contributed by atoms with Gasteiger partial charge in [0.25, 0.3) is 0 Å². The van der Waals surface area contributed by atoms with E-state index in [1.165, 1.54) is 12.3 Å². The molecule has 7 heteroatoms. The van der Waals surface area contributed by atoms with Gasteiger partial charge in [-0.15, -0.1) is 0 Å². The number of carboxylic acids is 1. The van der Waals surface area contributed by atoms with Gasteiger partial charge in [0.2, 0.25) is 0 Å². The Balaban J connectivity index is 2.47. The van der Waals surface area contributed by atoms with E-state index in [1.807, 2.05) is 12.1 Å². The van der Waals surface area contributed by atoms with Crippen molar-refractivity contribution in [3.63, 3.8) is 0 Å². The summed E-state index contributed by atoms with van der Waals surface area (Å²) >= 11 is 0. The van der Waals surface area contributed by atoms with E-state index in [2.05, 4.69) is 18.8 Å². The van der Waals surface area contributed by atoms with Gasteiger partial charge in [0, 0.05) is 56.3 Å². The minimum Gasteiger partial charge on any atom is -0.493 e. The number of hydrogen-bond donors (Lipinski definition) is 2. The highest BCUT2D eigenvalue weighted by Gasteiger charge is 2.16. The van der Waals surface area contributed by atoms with Gasteiger partial charge in [-0.2, -0.15) is 0 Å². The Labute approximate surface area is 183 Å². The molecule has 31 heavy (non-hydrogen) atoms. The number of carbonyl (C=O) groups is 1. The molecule has 0 atom stereocenters. The van der Waals surface area contributed by atoms with Crippen LogP contribution in [-0.2, 0) is 22.5 Å². The molecule has 0 saturated heterocycles. The van der Waals surface area contributed by atoms with E-state index in [-0.39, 0.29) is 5.56 Å². The lowest BCUT2D eigenvalue weighted by Gasteiger charge is -2.18. The lowest BCUT2D eigenvalue weighted by molar-refractivity contribution is 0.0695. The Kier molecular flexibility index (Phi) is 9.75. The molecule has 1 aromatic heterocycles. The third-order valence-electron chi connectivity index (χ3n) is 5.00. The molecule has 0 aliphatic carbocycles. The molecular formula is C24H33NO6. The second kappa shape index (κ2) is 12.3. The Morgan fingerprint density at radius 3 is 2.45 bits per heavy atom. The van der Waals surface area contributed by atoms with Crippen LogP contribution in [0.2, 0.25) is 0 Å². The fourth-order valence-corrected chi connectivity index (χ4v) is 3.41. The third kappa shape index (κ3) is 7.22. The molecule has 0 radical (unpaired) electrons. The Morgan fingerprint density at radius 1 is 1.06 bits per heavy atom. The summed E-state index contributed by atoms with van der Waals surface area (Å²) in [7, 11) is 3.28. The first-order valence-corrected chi connectivity index (χ1v) is 10.6. The zero-order valence-electron chi connectivity index (χ0n) is 18.8. The highest BCUT2D eigenvalue weighted by atomic mass is 16.5. The van der Waals surface area contributed by atoms with Crippen molar-refractivity contribution in [1.82, 2.24) is 4.98 Å². The van der Waals surface area contributed by atoms with Crippen LogP contribution in [0.25, 0.3) is 11.3 Å². The van der Waals surface area contributed by atoms with Crippen LogP contribution in [0.3, 0.4) is 0 Å². The zero-order valence-corrected chi connectivity index (χ0v) is 18.8. The van der Waals surface area contributed by atoms with Crippen LogP contribution in [0.4, 0.5) is 0 Å². The van der Waals surface area contributed by atoms with Crippen LogP contribution in [0, 0.1) is 5.92 Å². The highest BCUT2D eigenvalue weighted by Crippen LogP contribution is 2.32. The lowest BCUT2D eigenvalue weighted by Crippen LogP contribution is -2.14. The van der Waals surface area contributed by atoms with Crippen molar-refractivity contribution in [2.75, 3.05) is 27.4 Å². The molecule has 0 aliphatic rings. The van der Waals surface area contributed by atoms with Gasteiger partial charge in [-0.05, 0) is 36.5 Å².